The van der Waals surface area contributed by atoms with Gasteiger partial charge in [0.05, 0.1) is 22.8 Å². The lowest BCUT2D eigenvalue weighted by Gasteiger charge is -2.12. The quantitative estimate of drug-likeness (QED) is 0.267. The van der Waals surface area contributed by atoms with E-state index in [1.807, 2.05) is 24.3 Å². The summed E-state index contributed by atoms with van der Waals surface area (Å²) in [5.74, 6) is -0.190. The van der Waals surface area contributed by atoms with E-state index in [4.69, 9.17) is 23.8 Å². The number of hydrogen-bond donors (Lipinski definition) is 1. The van der Waals surface area contributed by atoms with E-state index in [2.05, 4.69) is 15.4 Å². The predicted molar refractivity (Wildman–Crippen MR) is 137 cm³/mol. The van der Waals surface area contributed by atoms with Crippen molar-refractivity contribution in [3.05, 3.63) is 111 Å². The van der Waals surface area contributed by atoms with E-state index < -0.39 is 5.91 Å². The first-order chi connectivity index (χ1) is 16.5. The molecule has 1 fully saturated rings. The first-order valence-electron chi connectivity index (χ1n) is 10.3. The summed E-state index contributed by atoms with van der Waals surface area (Å²) in [7, 11) is 0. The van der Waals surface area contributed by atoms with E-state index in [1.165, 1.54) is 10.8 Å². The highest BCUT2D eigenvalue weighted by molar-refractivity contribution is 7.80. The number of carbonyl (C=O) groups excluding carboxylic acids is 1. The molecule has 0 saturated carbocycles. The van der Waals surface area contributed by atoms with E-state index in [0.717, 1.165) is 5.01 Å². The van der Waals surface area contributed by atoms with Crippen LogP contribution in [0.5, 0.6) is 0 Å². The van der Waals surface area contributed by atoms with Crippen LogP contribution in [0.15, 0.2) is 94.5 Å². The maximum atomic E-state index is 13.3. The molecule has 9 heteroatoms. The lowest BCUT2D eigenvalue weighted by atomic mass is 10.2. The molecule has 1 aromatic heterocycles. The molecule has 3 aromatic carbocycles. The van der Waals surface area contributed by atoms with Gasteiger partial charge in [-0.25, -0.2) is 4.98 Å². The number of hydrogen-bond acceptors (Lipinski definition) is 5. The summed E-state index contributed by atoms with van der Waals surface area (Å²) >= 11 is 11.5. The number of thiocarbonyl (C=S) groups is 1. The number of amides is 1. The largest absolute Gasteiger partial charge is 0.326 e. The smallest absolute Gasteiger partial charge is 0.297 e. The van der Waals surface area contributed by atoms with Gasteiger partial charge >= 0.3 is 0 Å². The highest BCUT2D eigenvalue weighted by Gasteiger charge is 2.31. The van der Waals surface area contributed by atoms with E-state index in [0.29, 0.717) is 27.2 Å². The molecule has 1 N–H and O–H groups in total. The number of fused-ring (bicyclic) bond motifs is 1. The van der Waals surface area contributed by atoms with Crippen molar-refractivity contribution in [3.63, 3.8) is 0 Å². The number of nitrogens with zero attached hydrogens (tertiary/aromatic N) is 4. The van der Waals surface area contributed by atoms with Crippen LogP contribution in [0.25, 0.3) is 22.7 Å². The number of hydrazone groups is 1. The fourth-order valence-corrected chi connectivity index (χ4v) is 3.98. The Bertz CT molecular complexity index is 1560. The van der Waals surface area contributed by atoms with Gasteiger partial charge in [-0.2, -0.15) is 10.1 Å². The number of carbonyl (C=O) groups is 1. The molecule has 0 unspecified atom stereocenters. The van der Waals surface area contributed by atoms with Crippen molar-refractivity contribution in [3.8, 4) is 5.69 Å². The maximum absolute atomic E-state index is 13.3. The Hall–Kier alpha value is -4.14. The van der Waals surface area contributed by atoms with Crippen molar-refractivity contribution in [2.24, 2.45) is 5.10 Å². The van der Waals surface area contributed by atoms with Gasteiger partial charge in [-0.05, 0) is 54.2 Å². The number of para-hydroxylation sites is 2. The van der Waals surface area contributed by atoms with Crippen molar-refractivity contribution in [1.82, 2.24) is 19.9 Å². The van der Waals surface area contributed by atoms with Crippen LogP contribution in [-0.2, 0) is 4.79 Å². The van der Waals surface area contributed by atoms with Gasteiger partial charge in [-0.15, -0.1) is 0 Å². The molecule has 0 atom stereocenters. The summed E-state index contributed by atoms with van der Waals surface area (Å²) in [5.41, 5.74) is 1.81. The molecule has 1 aliphatic rings. The van der Waals surface area contributed by atoms with Crippen LogP contribution < -0.4 is 10.9 Å². The number of halogens is 1. The molecule has 4 aromatic rings. The highest BCUT2D eigenvalue weighted by atomic mass is 35.5. The van der Waals surface area contributed by atoms with Crippen molar-refractivity contribution in [1.29, 1.82) is 0 Å². The minimum atomic E-state index is -0.449. The summed E-state index contributed by atoms with van der Waals surface area (Å²) in [6, 6.07) is 23.3. The Labute approximate surface area is 204 Å². The van der Waals surface area contributed by atoms with E-state index in [1.54, 1.807) is 60.7 Å². The molecule has 2 heterocycles. The fourth-order valence-electron chi connectivity index (χ4n) is 3.55. The van der Waals surface area contributed by atoms with Gasteiger partial charge in [0.1, 0.15) is 5.70 Å². The van der Waals surface area contributed by atoms with Gasteiger partial charge in [-0.3, -0.25) is 14.2 Å². The normalized spacial score (nSPS) is 15.0. The zero-order chi connectivity index (χ0) is 23.7. The van der Waals surface area contributed by atoms with Crippen molar-refractivity contribution >= 4 is 58.0 Å². The summed E-state index contributed by atoms with van der Waals surface area (Å²) in [6.07, 6.45) is 2.96. The highest BCUT2D eigenvalue weighted by Crippen LogP contribution is 2.21. The first kappa shape index (κ1) is 21.7. The van der Waals surface area contributed by atoms with Gasteiger partial charge in [0.25, 0.3) is 11.5 Å². The average Bonchev–Trinajstić information content (AvgIpc) is 3.12. The van der Waals surface area contributed by atoms with E-state index >= 15 is 0 Å². The lowest BCUT2D eigenvalue weighted by molar-refractivity contribution is -0.122. The van der Waals surface area contributed by atoms with Crippen LogP contribution in [-0.4, -0.2) is 31.8 Å². The number of nitrogens with one attached hydrogen (secondary N) is 1. The second-order valence-corrected chi connectivity index (χ2v) is 8.13. The third-order valence-corrected chi connectivity index (χ3v) is 5.79. The molecule has 1 saturated heterocycles. The Morgan fingerprint density at radius 2 is 1.65 bits per heavy atom. The topological polar surface area (TPSA) is 79.6 Å². The molecule has 166 valence electrons. The molecule has 0 spiro atoms. The third-order valence-electron chi connectivity index (χ3n) is 5.17. The van der Waals surface area contributed by atoms with Crippen LogP contribution >= 0.6 is 23.8 Å². The van der Waals surface area contributed by atoms with Gasteiger partial charge in [-0.1, -0.05) is 60.1 Å². The van der Waals surface area contributed by atoms with E-state index in [9.17, 15) is 9.59 Å². The number of rotatable bonds is 4. The molecule has 0 aliphatic carbocycles. The lowest BCUT2D eigenvalue weighted by Crippen LogP contribution is -2.27. The first-order valence-corrected chi connectivity index (χ1v) is 11.0. The zero-order valence-electron chi connectivity index (χ0n) is 17.6. The zero-order valence-corrected chi connectivity index (χ0v) is 19.1. The van der Waals surface area contributed by atoms with Crippen LogP contribution in [0, 0.1) is 0 Å². The molecule has 1 aliphatic heterocycles. The third kappa shape index (κ3) is 4.00. The number of benzene rings is 3. The Morgan fingerprint density at radius 1 is 0.941 bits per heavy atom. The fraction of sp³-hybridized carbons (Fsp3) is 0. The summed E-state index contributed by atoms with van der Waals surface area (Å²) in [6.45, 7) is 0. The molecule has 0 radical (unpaired) electrons. The Morgan fingerprint density at radius 3 is 2.44 bits per heavy atom. The predicted octanol–water partition coefficient (Wildman–Crippen LogP) is 4.13. The second kappa shape index (κ2) is 9.01. The number of aromatic nitrogens is 2. The molecule has 1 amide bonds. The minimum absolute atomic E-state index is 0.106. The van der Waals surface area contributed by atoms with Crippen LogP contribution in [0.2, 0.25) is 5.02 Å². The molecular formula is C25H16ClN5O2S. The average molecular weight is 486 g/mol. The van der Waals surface area contributed by atoms with Crippen LogP contribution in [0.1, 0.15) is 11.4 Å². The van der Waals surface area contributed by atoms with Crippen molar-refractivity contribution < 1.29 is 4.79 Å². The summed E-state index contributed by atoms with van der Waals surface area (Å²) in [4.78, 5) is 30.8. The van der Waals surface area contributed by atoms with Crippen molar-refractivity contribution in [2.45, 2.75) is 0 Å². The molecular weight excluding hydrogens is 470 g/mol. The van der Waals surface area contributed by atoms with Gasteiger partial charge < -0.3 is 5.32 Å². The standard InChI is InChI=1S/C25H16ClN5O2S/c26-19-12-6-4-8-16(19)14-21-24(33)31(25(34)29-21)27-15-22-28-20-13-7-5-11-18(20)23(32)30(22)17-9-2-1-3-10-17/h1-15H,(H,29,34)/b21-14+,27-15+. The van der Waals surface area contributed by atoms with E-state index in [-0.39, 0.29) is 22.2 Å². The van der Waals surface area contributed by atoms with Gasteiger partial charge in [0.15, 0.2) is 5.82 Å². The SMILES string of the molecule is O=C1/C(=C\c2ccccc2Cl)NC(=S)N1/N=C/c1nc2ccccc2c(=O)n1-c1ccccc1. The monoisotopic (exact) mass is 485 g/mol. The van der Waals surface area contributed by atoms with Crippen LogP contribution in [0.3, 0.4) is 0 Å². The summed E-state index contributed by atoms with van der Waals surface area (Å²) in [5, 5.41) is 9.26. The summed E-state index contributed by atoms with van der Waals surface area (Å²) < 4.78 is 1.45. The molecule has 0 bridgehead atoms. The molecule has 7 nitrogen and oxygen atoms in total. The second-order valence-electron chi connectivity index (χ2n) is 7.33. The van der Waals surface area contributed by atoms with Gasteiger partial charge in [0, 0.05) is 5.02 Å². The maximum Gasteiger partial charge on any atom is 0.297 e. The Kier molecular flexibility index (Phi) is 5.75. The molecule has 5 rings (SSSR count). The minimum Gasteiger partial charge on any atom is -0.326 e. The van der Waals surface area contributed by atoms with Gasteiger partial charge in [0.2, 0.25) is 5.11 Å². The van der Waals surface area contributed by atoms with Crippen molar-refractivity contribution in [2.75, 3.05) is 0 Å². The molecule has 34 heavy (non-hydrogen) atoms. The van der Waals surface area contributed by atoms with Crippen LogP contribution in [0.4, 0.5) is 0 Å². The Balaban J connectivity index is 1.56.